The van der Waals surface area contributed by atoms with Crippen LogP contribution in [0.2, 0.25) is 0 Å². The monoisotopic (exact) mass is 310 g/mol. The summed E-state index contributed by atoms with van der Waals surface area (Å²) in [6.07, 6.45) is 3.73. The van der Waals surface area contributed by atoms with E-state index in [1.54, 1.807) is 12.3 Å². The molecule has 0 bridgehead atoms. The second-order valence-electron chi connectivity index (χ2n) is 5.42. The molecule has 6 nitrogen and oxygen atoms in total. The predicted molar refractivity (Wildman–Crippen MR) is 84.6 cm³/mol. The van der Waals surface area contributed by atoms with Crippen LogP contribution in [0.4, 0.5) is 0 Å². The Morgan fingerprint density at radius 1 is 1.35 bits per heavy atom. The van der Waals surface area contributed by atoms with Crippen molar-refractivity contribution in [3.8, 4) is 0 Å². The number of carbonyl (C=O) groups excluding carboxylic acids is 1. The molecular weight excluding hydrogens is 292 g/mol. The first-order valence-corrected chi connectivity index (χ1v) is 7.37. The minimum atomic E-state index is -0.312. The minimum Gasteiger partial charge on any atom is -0.361 e. The standard InChI is InChI=1S/C17H18N4O2/c1-12-10-14(23-20-12)11-15(22)19-16(13-6-4-3-5-7-13)17-18-8-9-21(17)2/h3-10,16H,11H2,1-2H3,(H,19,22)/t16-/m0/s1. The Bertz CT molecular complexity index is 792. The number of benzene rings is 1. The summed E-state index contributed by atoms with van der Waals surface area (Å²) in [6.45, 7) is 1.82. The number of amides is 1. The average molecular weight is 310 g/mol. The highest BCUT2D eigenvalue weighted by atomic mass is 16.5. The van der Waals surface area contributed by atoms with Gasteiger partial charge in [0.15, 0.2) is 0 Å². The highest BCUT2D eigenvalue weighted by Crippen LogP contribution is 2.20. The summed E-state index contributed by atoms with van der Waals surface area (Å²) in [4.78, 5) is 16.7. The quantitative estimate of drug-likeness (QED) is 0.784. The van der Waals surface area contributed by atoms with Crippen molar-refractivity contribution in [3.63, 3.8) is 0 Å². The maximum atomic E-state index is 12.4. The Balaban J connectivity index is 1.82. The van der Waals surface area contributed by atoms with E-state index in [1.807, 2.05) is 55.1 Å². The molecule has 23 heavy (non-hydrogen) atoms. The zero-order valence-electron chi connectivity index (χ0n) is 13.1. The molecule has 0 spiro atoms. The summed E-state index contributed by atoms with van der Waals surface area (Å²) in [7, 11) is 1.91. The van der Waals surface area contributed by atoms with Crippen molar-refractivity contribution in [3.05, 3.63) is 71.6 Å². The molecule has 3 rings (SSSR count). The fourth-order valence-electron chi connectivity index (χ4n) is 2.47. The van der Waals surface area contributed by atoms with Gasteiger partial charge in [-0.2, -0.15) is 0 Å². The Morgan fingerprint density at radius 3 is 2.74 bits per heavy atom. The van der Waals surface area contributed by atoms with Crippen LogP contribution in [0.25, 0.3) is 0 Å². The summed E-state index contributed by atoms with van der Waals surface area (Å²) < 4.78 is 7.00. The van der Waals surface area contributed by atoms with Gasteiger partial charge >= 0.3 is 0 Å². The van der Waals surface area contributed by atoms with Gasteiger partial charge in [-0.25, -0.2) is 4.98 Å². The Kier molecular flexibility index (Phi) is 4.23. The number of nitrogens with one attached hydrogen (secondary N) is 1. The van der Waals surface area contributed by atoms with Crippen LogP contribution in [0, 0.1) is 6.92 Å². The first kappa shape index (κ1) is 15.0. The number of aromatic nitrogens is 3. The fourth-order valence-corrected chi connectivity index (χ4v) is 2.47. The van der Waals surface area contributed by atoms with E-state index in [9.17, 15) is 4.79 Å². The summed E-state index contributed by atoms with van der Waals surface area (Å²) in [5, 5.41) is 6.82. The molecule has 0 saturated carbocycles. The van der Waals surface area contributed by atoms with Crippen LogP contribution in [0.5, 0.6) is 0 Å². The van der Waals surface area contributed by atoms with Crippen molar-refractivity contribution < 1.29 is 9.32 Å². The summed E-state index contributed by atoms with van der Waals surface area (Å²) in [5.41, 5.74) is 1.74. The zero-order valence-corrected chi connectivity index (χ0v) is 13.1. The molecule has 2 aromatic heterocycles. The van der Waals surface area contributed by atoms with E-state index in [0.717, 1.165) is 17.1 Å². The van der Waals surface area contributed by atoms with Gasteiger partial charge in [0.05, 0.1) is 12.1 Å². The second-order valence-corrected chi connectivity index (χ2v) is 5.42. The molecule has 0 fully saturated rings. The lowest BCUT2D eigenvalue weighted by molar-refractivity contribution is -0.121. The molecule has 0 aliphatic heterocycles. The largest absolute Gasteiger partial charge is 0.361 e. The van der Waals surface area contributed by atoms with Crippen LogP contribution in [0.15, 0.2) is 53.3 Å². The fraction of sp³-hybridized carbons (Fsp3) is 0.235. The molecule has 3 aromatic rings. The average Bonchev–Trinajstić information content (AvgIpc) is 3.14. The van der Waals surface area contributed by atoms with Gasteiger partial charge < -0.3 is 14.4 Å². The molecule has 0 aliphatic rings. The van der Waals surface area contributed by atoms with Crippen LogP contribution >= 0.6 is 0 Å². The van der Waals surface area contributed by atoms with Crippen LogP contribution in [0.3, 0.4) is 0 Å². The van der Waals surface area contributed by atoms with Gasteiger partial charge in [0.1, 0.15) is 17.6 Å². The Hall–Kier alpha value is -2.89. The van der Waals surface area contributed by atoms with Gasteiger partial charge in [-0.15, -0.1) is 0 Å². The minimum absolute atomic E-state index is 0.141. The number of rotatable bonds is 5. The SMILES string of the molecule is Cc1cc(CC(=O)N[C@@H](c2ccccc2)c2nccn2C)on1. The Morgan fingerprint density at radius 2 is 2.13 bits per heavy atom. The van der Waals surface area contributed by atoms with Crippen molar-refractivity contribution >= 4 is 5.91 Å². The van der Waals surface area contributed by atoms with Gasteiger partial charge in [-0.3, -0.25) is 4.79 Å². The van der Waals surface area contributed by atoms with Crippen LogP contribution in [0.1, 0.15) is 28.9 Å². The van der Waals surface area contributed by atoms with Crippen molar-refractivity contribution in [2.45, 2.75) is 19.4 Å². The summed E-state index contributed by atoms with van der Waals surface area (Å²) >= 11 is 0. The number of hydrogen-bond donors (Lipinski definition) is 1. The normalized spacial score (nSPS) is 12.1. The molecule has 1 atom stereocenters. The van der Waals surface area contributed by atoms with E-state index < -0.39 is 0 Å². The number of hydrogen-bond acceptors (Lipinski definition) is 4. The van der Waals surface area contributed by atoms with Crippen LogP contribution < -0.4 is 5.32 Å². The van der Waals surface area contributed by atoms with Gasteiger partial charge in [0.25, 0.3) is 0 Å². The van der Waals surface area contributed by atoms with Crippen molar-refractivity contribution in [1.82, 2.24) is 20.0 Å². The highest BCUT2D eigenvalue weighted by molar-refractivity contribution is 5.78. The molecule has 0 saturated heterocycles. The molecule has 2 heterocycles. The second kappa shape index (κ2) is 6.48. The van der Waals surface area contributed by atoms with Crippen molar-refractivity contribution in [1.29, 1.82) is 0 Å². The van der Waals surface area contributed by atoms with E-state index in [-0.39, 0.29) is 18.4 Å². The lowest BCUT2D eigenvalue weighted by Gasteiger charge is -2.18. The van der Waals surface area contributed by atoms with E-state index in [4.69, 9.17) is 4.52 Å². The Labute approximate surface area is 134 Å². The number of aryl methyl sites for hydroxylation is 2. The van der Waals surface area contributed by atoms with Crippen LogP contribution in [-0.2, 0) is 18.3 Å². The summed E-state index contributed by atoms with van der Waals surface area (Å²) in [6, 6.07) is 11.2. The third-order valence-corrected chi connectivity index (χ3v) is 3.57. The molecule has 6 heteroatoms. The van der Waals surface area contributed by atoms with Crippen LogP contribution in [-0.4, -0.2) is 20.6 Å². The first-order chi connectivity index (χ1) is 11.1. The zero-order chi connectivity index (χ0) is 16.2. The predicted octanol–water partition coefficient (Wildman–Crippen LogP) is 2.16. The number of nitrogens with zero attached hydrogens (tertiary/aromatic N) is 3. The van der Waals surface area contributed by atoms with E-state index in [2.05, 4.69) is 15.5 Å². The smallest absolute Gasteiger partial charge is 0.228 e. The molecule has 1 N–H and O–H groups in total. The molecule has 1 aromatic carbocycles. The third kappa shape index (κ3) is 3.48. The number of imidazole rings is 1. The summed E-state index contributed by atoms with van der Waals surface area (Å²) in [5.74, 6) is 1.18. The highest BCUT2D eigenvalue weighted by Gasteiger charge is 2.21. The van der Waals surface area contributed by atoms with Gasteiger partial charge in [0.2, 0.25) is 5.91 Å². The van der Waals surface area contributed by atoms with Gasteiger partial charge in [-0.05, 0) is 12.5 Å². The van der Waals surface area contributed by atoms with Crippen molar-refractivity contribution in [2.75, 3.05) is 0 Å². The lowest BCUT2D eigenvalue weighted by atomic mass is 10.1. The molecular formula is C17H18N4O2. The van der Waals surface area contributed by atoms with E-state index >= 15 is 0 Å². The number of carbonyl (C=O) groups is 1. The molecule has 118 valence electrons. The van der Waals surface area contributed by atoms with Gasteiger partial charge in [0, 0.05) is 25.5 Å². The van der Waals surface area contributed by atoms with E-state index in [1.165, 1.54) is 0 Å². The molecule has 0 unspecified atom stereocenters. The third-order valence-electron chi connectivity index (χ3n) is 3.57. The topological polar surface area (TPSA) is 73.0 Å². The lowest BCUT2D eigenvalue weighted by Crippen LogP contribution is -2.32. The first-order valence-electron chi connectivity index (χ1n) is 7.37. The maximum absolute atomic E-state index is 12.4. The molecule has 0 aliphatic carbocycles. The van der Waals surface area contributed by atoms with Gasteiger partial charge in [-0.1, -0.05) is 35.5 Å². The molecule has 0 radical (unpaired) electrons. The van der Waals surface area contributed by atoms with Crippen molar-refractivity contribution in [2.24, 2.45) is 7.05 Å². The maximum Gasteiger partial charge on any atom is 0.228 e. The van der Waals surface area contributed by atoms with E-state index in [0.29, 0.717) is 5.76 Å². The molecule has 1 amide bonds.